The van der Waals surface area contributed by atoms with Crippen LogP contribution in [0.15, 0.2) is 29.4 Å². The van der Waals surface area contributed by atoms with Crippen LogP contribution in [0.1, 0.15) is 41.0 Å². The van der Waals surface area contributed by atoms with Crippen LogP contribution in [0, 0.1) is 19.8 Å². The van der Waals surface area contributed by atoms with E-state index in [0.29, 0.717) is 18.0 Å². The maximum Gasteiger partial charge on any atom is 0.251 e. The molecule has 2 aromatic rings. The zero-order valence-corrected chi connectivity index (χ0v) is 18.5. The Morgan fingerprint density at radius 1 is 1.24 bits per heavy atom. The molecule has 1 fully saturated rings. The summed E-state index contributed by atoms with van der Waals surface area (Å²) in [5, 5.41) is 3.74. The lowest BCUT2D eigenvalue weighted by molar-refractivity contribution is 0.0949. The fourth-order valence-electron chi connectivity index (χ4n) is 3.09. The zero-order valence-electron chi connectivity index (χ0n) is 17.7. The van der Waals surface area contributed by atoms with Gasteiger partial charge in [-0.05, 0) is 37.5 Å². The minimum atomic E-state index is -0.0254. The van der Waals surface area contributed by atoms with Crippen molar-refractivity contribution in [2.45, 2.75) is 38.6 Å². The molecule has 0 radical (unpaired) electrons. The smallest absolute Gasteiger partial charge is 0.251 e. The van der Waals surface area contributed by atoms with E-state index in [1.54, 1.807) is 11.8 Å². The second-order valence-electron chi connectivity index (χ2n) is 7.73. The third-order valence-electron chi connectivity index (χ3n) is 4.88. The highest BCUT2D eigenvalue weighted by Gasteiger charge is 2.18. The average molecular weight is 415 g/mol. The number of anilines is 1. The van der Waals surface area contributed by atoms with E-state index in [9.17, 15) is 4.79 Å². The van der Waals surface area contributed by atoms with Crippen LogP contribution in [0.3, 0.4) is 0 Å². The second kappa shape index (κ2) is 10.1. The fraction of sp³-hybridized carbons (Fsp3) is 0.500. The molecule has 0 aliphatic carbocycles. The number of carbonyl (C=O) groups is 1. The number of carbonyl (C=O) groups excluding carboxylic acids is 1. The first kappa shape index (κ1) is 21.6. The van der Waals surface area contributed by atoms with Crippen LogP contribution < -0.4 is 10.2 Å². The Labute approximate surface area is 177 Å². The maximum atomic E-state index is 12.3. The largest absolute Gasteiger partial charge is 0.378 e. The lowest BCUT2D eigenvalue weighted by Gasteiger charge is -2.29. The molecule has 3 rings (SSSR count). The highest BCUT2D eigenvalue weighted by atomic mass is 32.2. The Balaban J connectivity index is 1.69. The number of nitrogens with zero attached hydrogens (tertiary/aromatic N) is 3. The monoisotopic (exact) mass is 414 g/mol. The summed E-state index contributed by atoms with van der Waals surface area (Å²) in [6.07, 6.45) is 0. The predicted molar refractivity (Wildman–Crippen MR) is 118 cm³/mol. The first-order valence-corrected chi connectivity index (χ1v) is 11.1. The number of rotatable bonds is 7. The Morgan fingerprint density at radius 3 is 2.72 bits per heavy atom. The lowest BCUT2D eigenvalue weighted by atomic mass is 10.1. The van der Waals surface area contributed by atoms with Gasteiger partial charge in [0.05, 0.1) is 13.2 Å². The molecule has 0 spiro atoms. The summed E-state index contributed by atoms with van der Waals surface area (Å²) < 4.78 is 5.46. The Bertz CT molecular complexity index is 851. The summed E-state index contributed by atoms with van der Waals surface area (Å²) in [4.78, 5) is 24.1. The Kier molecular flexibility index (Phi) is 7.50. The van der Waals surface area contributed by atoms with Crippen molar-refractivity contribution in [1.82, 2.24) is 15.3 Å². The highest BCUT2D eigenvalue weighted by molar-refractivity contribution is 7.98. The molecule has 156 valence electrons. The van der Waals surface area contributed by atoms with Gasteiger partial charge in [-0.3, -0.25) is 4.79 Å². The van der Waals surface area contributed by atoms with Gasteiger partial charge in [0.25, 0.3) is 5.91 Å². The minimum Gasteiger partial charge on any atom is -0.378 e. The Hall–Kier alpha value is -2.12. The van der Waals surface area contributed by atoms with Gasteiger partial charge >= 0.3 is 0 Å². The van der Waals surface area contributed by atoms with Crippen molar-refractivity contribution in [3.05, 3.63) is 46.6 Å². The predicted octanol–water partition coefficient (Wildman–Crippen LogP) is 3.61. The molecule has 0 atom stereocenters. The van der Waals surface area contributed by atoms with E-state index in [0.717, 1.165) is 59.9 Å². The van der Waals surface area contributed by atoms with Gasteiger partial charge in [0.2, 0.25) is 0 Å². The van der Waals surface area contributed by atoms with Gasteiger partial charge in [-0.25, -0.2) is 9.97 Å². The molecule has 0 saturated carbocycles. The molecule has 2 heterocycles. The number of aromatic nitrogens is 2. The molecule has 1 aromatic heterocycles. The first-order chi connectivity index (χ1) is 13.9. The minimum absolute atomic E-state index is 0.0254. The molecular weight excluding hydrogens is 384 g/mol. The molecule has 7 heteroatoms. The van der Waals surface area contributed by atoms with Crippen molar-refractivity contribution >= 4 is 23.5 Å². The van der Waals surface area contributed by atoms with Crippen LogP contribution in [-0.2, 0) is 10.5 Å². The lowest BCUT2D eigenvalue weighted by Crippen LogP contribution is -2.37. The van der Waals surface area contributed by atoms with Crippen LogP contribution in [0.2, 0.25) is 0 Å². The summed E-state index contributed by atoms with van der Waals surface area (Å²) >= 11 is 1.60. The number of hydrogen-bond acceptors (Lipinski definition) is 6. The second-order valence-corrected chi connectivity index (χ2v) is 8.68. The molecule has 1 saturated heterocycles. The van der Waals surface area contributed by atoms with E-state index < -0.39 is 0 Å². The third kappa shape index (κ3) is 5.93. The summed E-state index contributed by atoms with van der Waals surface area (Å²) in [6.45, 7) is 12.1. The first-order valence-electron chi connectivity index (χ1n) is 10.1. The molecule has 0 unspecified atom stereocenters. The number of morpholine rings is 1. The highest BCUT2D eigenvalue weighted by Crippen LogP contribution is 2.26. The molecule has 1 aliphatic rings. The van der Waals surface area contributed by atoms with E-state index >= 15 is 0 Å². The van der Waals surface area contributed by atoms with E-state index in [2.05, 4.69) is 36.0 Å². The van der Waals surface area contributed by atoms with Crippen molar-refractivity contribution < 1.29 is 9.53 Å². The van der Waals surface area contributed by atoms with E-state index in [4.69, 9.17) is 9.72 Å². The van der Waals surface area contributed by atoms with Gasteiger partial charge in [0.1, 0.15) is 5.82 Å². The summed E-state index contributed by atoms with van der Waals surface area (Å²) in [7, 11) is 0. The molecule has 1 N–H and O–H groups in total. The maximum absolute atomic E-state index is 12.3. The van der Waals surface area contributed by atoms with E-state index in [-0.39, 0.29) is 5.91 Å². The molecule has 1 aromatic carbocycles. The van der Waals surface area contributed by atoms with Crippen LogP contribution in [-0.4, -0.2) is 48.7 Å². The van der Waals surface area contributed by atoms with E-state index in [1.165, 1.54) is 0 Å². The number of amides is 1. The quantitative estimate of drug-likeness (QED) is 0.551. The SMILES string of the molecule is Cc1nc(SCc2cccc(C(=O)NCC(C)C)c2)nc(N2CCOCC2)c1C. The van der Waals surface area contributed by atoms with Crippen LogP contribution in [0.4, 0.5) is 5.82 Å². The number of thioether (sulfide) groups is 1. The summed E-state index contributed by atoms with van der Waals surface area (Å²) in [6, 6.07) is 7.77. The van der Waals surface area contributed by atoms with Gasteiger partial charge in [-0.2, -0.15) is 0 Å². The molecule has 0 bridgehead atoms. The van der Waals surface area contributed by atoms with Crippen LogP contribution in [0.25, 0.3) is 0 Å². The third-order valence-corrected chi connectivity index (χ3v) is 5.80. The number of hydrogen-bond donors (Lipinski definition) is 1. The van der Waals surface area contributed by atoms with E-state index in [1.807, 2.05) is 31.2 Å². The topological polar surface area (TPSA) is 67.4 Å². The number of aryl methyl sites for hydroxylation is 1. The Morgan fingerprint density at radius 2 is 2.00 bits per heavy atom. The van der Waals surface area contributed by atoms with Gasteiger partial charge in [0.15, 0.2) is 5.16 Å². The standard InChI is InChI=1S/C22H30N4O2S/c1-15(2)13-23-21(27)19-7-5-6-18(12-19)14-29-22-24-17(4)16(3)20(25-22)26-8-10-28-11-9-26/h5-7,12,15H,8-11,13-14H2,1-4H3,(H,23,27). The summed E-state index contributed by atoms with van der Waals surface area (Å²) in [5.74, 6) is 2.13. The van der Waals surface area contributed by atoms with Crippen LogP contribution >= 0.6 is 11.8 Å². The molecule has 6 nitrogen and oxygen atoms in total. The molecular formula is C22H30N4O2S. The van der Waals surface area contributed by atoms with Crippen molar-refractivity contribution in [2.75, 3.05) is 37.7 Å². The molecule has 29 heavy (non-hydrogen) atoms. The fourth-order valence-corrected chi connectivity index (χ4v) is 3.91. The van der Waals surface area contributed by atoms with Crippen molar-refractivity contribution in [3.63, 3.8) is 0 Å². The van der Waals surface area contributed by atoms with Crippen molar-refractivity contribution in [3.8, 4) is 0 Å². The van der Waals surface area contributed by atoms with Crippen LogP contribution in [0.5, 0.6) is 0 Å². The zero-order chi connectivity index (χ0) is 20.8. The number of nitrogens with one attached hydrogen (secondary N) is 1. The van der Waals surface area contributed by atoms with Gasteiger partial charge < -0.3 is 15.0 Å². The average Bonchev–Trinajstić information content (AvgIpc) is 2.73. The molecule has 1 amide bonds. The number of benzene rings is 1. The normalized spacial score (nSPS) is 14.3. The van der Waals surface area contributed by atoms with Crippen molar-refractivity contribution in [2.24, 2.45) is 5.92 Å². The van der Waals surface area contributed by atoms with Gasteiger partial charge in [-0.1, -0.05) is 37.7 Å². The molecule has 1 aliphatic heterocycles. The number of ether oxygens (including phenoxy) is 1. The van der Waals surface area contributed by atoms with Crippen molar-refractivity contribution in [1.29, 1.82) is 0 Å². The van der Waals surface area contributed by atoms with Gasteiger partial charge in [-0.15, -0.1) is 0 Å². The van der Waals surface area contributed by atoms with Gasteiger partial charge in [0, 0.05) is 42.2 Å². The summed E-state index contributed by atoms with van der Waals surface area (Å²) in [5.41, 5.74) is 3.91.